The van der Waals surface area contributed by atoms with E-state index in [1.54, 1.807) is 13.2 Å². The zero-order valence-electron chi connectivity index (χ0n) is 9.33. The summed E-state index contributed by atoms with van der Waals surface area (Å²) in [5, 5.41) is 3.43. The normalized spacial score (nSPS) is 17.8. The van der Waals surface area contributed by atoms with E-state index < -0.39 is 27.2 Å². The Kier molecular flexibility index (Phi) is 2.92. The first kappa shape index (κ1) is 12.1. The van der Waals surface area contributed by atoms with Crippen LogP contribution in [0.5, 0.6) is 0 Å². The van der Waals surface area contributed by atoms with E-state index in [1.807, 2.05) is 4.72 Å². The van der Waals surface area contributed by atoms with Crippen molar-refractivity contribution in [3.8, 4) is 0 Å². The minimum absolute atomic E-state index is 0.437. The Morgan fingerprint density at radius 1 is 1.65 bits per heavy atom. The van der Waals surface area contributed by atoms with E-state index in [-0.39, 0.29) is 0 Å². The Balaban J connectivity index is 2.05. The fourth-order valence-electron chi connectivity index (χ4n) is 1.42. The van der Waals surface area contributed by atoms with Crippen molar-refractivity contribution >= 4 is 15.9 Å². The van der Waals surface area contributed by atoms with Gasteiger partial charge < -0.3 is 5.73 Å². The molecule has 1 heterocycles. The summed E-state index contributed by atoms with van der Waals surface area (Å²) in [4.78, 5) is 11.6. The van der Waals surface area contributed by atoms with Gasteiger partial charge in [0.15, 0.2) is 0 Å². The highest BCUT2D eigenvalue weighted by atomic mass is 32.2. The summed E-state index contributed by atoms with van der Waals surface area (Å²) in [6, 6.07) is -1.02. The van der Waals surface area contributed by atoms with E-state index in [1.165, 1.54) is 10.9 Å². The summed E-state index contributed by atoms with van der Waals surface area (Å²) in [7, 11) is -1.85. The Bertz CT molecular complexity index is 532. The predicted octanol–water partition coefficient (Wildman–Crippen LogP) is -0.972. The number of rotatable bonds is 4. The molecule has 8 heteroatoms. The van der Waals surface area contributed by atoms with Crippen LogP contribution in [0.1, 0.15) is 24.4 Å². The van der Waals surface area contributed by atoms with Crippen molar-refractivity contribution in [3.63, 3.8) is 0 Å². The van der Waals surface area contributed by atoms with Gasteiger partial charge in [-0.05, 0) is 12.8 Å². The molecular formula is C9H14N4O3S. The van der Waals surface area contributed by atoms with Crippen LogP contribution in [0.3, 0.4) is 0 Å². The predicted molar refractivity (Wildman–Crippen MR) is 60.2 cm³/mol. The molecule has 1 amide bonds. The number of sulfonamides is 1. The molecule has 0 saturated heterocycles. The number of nitrogens with two attached hydrogens (primary N) is 1. The first-order valence-electron chi connectivity index (χ1n) is 5.20. The van der Waals surface area contributed by atoms with Gasteiger partial charge in [-0.2, -0.15) is 5.10 Å². The molecular weight excluding hydrogens is 244 g/mol. The van der Waals surface area contributed by atoms with E-state index >= 15 is 0 Å². The third kappa shape index (κ3) is 2.64. The van der Waals surface area contributed by atoms with Gasteiger partial charge in [0.25, 0.3) is 5.91 Å². The van der Waals surface area contributed by atoms with Gasteiger partial charge in [0.05, 0.1) is 11.4 Å². The molecule has 3 N–H and O–H groups in total. The lowest BCUT2D eigenvalue weighted by atomic mass is 10.2. The van der Waals surface area contributed by atoms with Gasteiger partial charge in [0.1, 0.15) is 6.04 Å². The summed E-state index contributed by atoms with van der Waals surface area (Å²) in [5.74, 6) is -0.718. The van der Waals surface area contributed by atoms with Crippen molar-refractivity contribution < 1.29 is 13.2 Å². The molecule has 0 radical (unpaired) electrons. The first-order valence-corrected chi connectivity index (χ1v) is 6.74. The summed E-state index contributed by atoms with van der Waals surface area (Å²) in [5.41, 5.74) is 6.13. The monoisotopic (exact) mass is 258 g/mol. The minimum Gasteiger partial charge on any atom is -0.316 e. The van der Waals surface area contributed by atoms with Crippen molar-refractivity contribution in [2.45, 2.75) is 24.1 Å². The topological polar surface area (TPSA) is 107 Å². The van der Waals surface area contributed by atoms with Gasteiger partial charge in [-0.25, -0.2) is 8.42 Å². The SMILES string of the molecule is Cn1cc(C(N)C(=O)NS(=O)(=O)C2CC2)cn1. The van der Waals surface area contributed by atoms with Crippen LogP contribution in [0.2, 0.25) is 0 Å². The van der Waals surface area contributed by atoms with Gasteiger partial charge in [0, 0.05) is 18.8 Å². The molecule has 1 fully saturated rings. The van der Waals surface area contributed by atoms with E-state index in [0.717, 1.165) is 0 Å². The van der Waals surface area contributed by atoms with E-state index in [2.05, 4.69) is 5.10 Å². The van der Waals surface area contributed by atoms with E-state index in [9.17, 15) is 13.2 Å². The molecule has 0 aliphatic heterocycles. The number of nitrogens with zero attached hydrogens (tertiary/aromatic N) is 2. The Hall–Kier alpha value is -1.41. The highest BCUT2D eigenvalue weighted by Gasteiger charge is 2.37. The molecule has 17 heavy (non-hydrogen) atoms. The second kappa shape index (κ2) is 4.11. The lowest BCUT2D eigenvalue weighted by molar-refractivity contribution is -0.120. The highest BCUT2D eigenvalue weighted by molar-refractivity contribution is 7.90. The fraction of sp³-hybridized carbons (Fsp3) is 0.556. The van der Waals surface area contributed by atoms with E-state index in [0.29, 0.717) is 18.4 Å². The molecule has 7 nitrogen and oxygen atoms in total. The molecule has 1 unspecified atom stereocenters. The lowest BCUT2D eigenvalue weighted by Crippen LogP contribution is -2.39. The Labute approximate surface area is 99.0 Å². The molecule has 0 bridgehead atoms. The Morgan fingerprint density at radius 3 is 2.76 bits per heavy atom. The number of carbonyl (C=O) groups excluding carboxylic acids is 1. The van der Waals surface area contributed by atoms with E-state index in [4.69, 9.17) is 5.73 Å². The molecule has 1 aromatic heterocycles. The molecule has 0 spiro atoms. The maximum absolute atomic E-state index is 11.6. The summed E-state index contributed by atoms with van der Waals surface area (Å²) >= 11 is 0. The number of hydrogen-bond acceptors (Lipinski definition) is 5. The van der Waals surface area contributed by atoms with Gasteiger partial charge in [-0.15, -0.1) is 0 Å². The molecule has 0 aromatic carbocycles. The van der Waals surface area contributed by atoms with Crippen molar-refractivity contribution in [1.82, 2.24) is 14.5 Å². The van der Waals surface area contributed by atoms with Gasteiger partial charge in [-0.1, -0.05) is 0 Å². The van der Waals surface area contributed by atoms with Crippen LogP contribution < -0.4 is 10.5 Å². The van der Waals surface area contributed by atoms with Crippen LogP contribution in [-0.4, -0.2) is 29.4 Å². The average Bonchev–Trinajstić information content (AvgIpc) is 3.01. The molecule has 2 rings (SSSR count). The molecule has 94 valence electrons. The maximum atomic E-state index is 11.6. The van der Waals surface area contributed by atoms with Crippen molar-refractivity contribution in [3.05, 3.63) is 18.0 Å². The number of aromatic nitrogens is 2. The fourth-order valence-corrected chi connectivity index (χ4v) is 2.75. The third-order valence-electron chi connectivity index (χ3n) is 2.57. The molecule has 1 aliphatic rings. The van der Waals surface area contributed by atoms with Crippen LogP contribution in [0, 0.1) is 0 Å². The number of nitrogens with one attached hydrogen (secondary N) is 1. The first-order chi connectivity index (χ1) is 7.90. The molecule has 1 saturated carbocycles. The number of hydrogen-bond donors (Lipinski definition) is 2. The summed E-state index contributed by atoms with van der Waals surface area (Å²) < 4.78 is 26.6. The maximum Gasteiger partial charge on any atom is 0.255 e. The largest absolute Gasteiger partial charge is 0.316 e. The van der Waals surface area contributed by atoms with Crippen LogP contribution in [-0.2, 0) is 21.9 Å². The molecule has 1 atom stereocenters. The van der Waals surface area contributed by atoms with Crippen molar-refractivity contribution in [2.24, 2.45) is 12.8 Å². The minimum atomic E-state index is -3.54. The summed E-state index contributed by atoms with van der Waals surface area (Å²) in [6.45, 7) is 0. The van der Waals surface area contributed by atoms with Crippen LogP contribution >= 0.6 is 0 Å². The number of aryl methyl sites for hydroxylation is 1. The smallest absolute Gasteiger partial charge is 0.255 e. The van der Waals surface area contributed by atoms with Crippen LogP contribution in [0.4, 0.5) is 0 Å². The zero-order chi connectivity index (χ0) is 12.6. The number of carbonyl (C=O) groups is 1. The highest BCUT2D eigenvalue weighted by Crippen LogP contribution is 2.27. The van der Waals surface area contributed by atoms with Gasteiger partial charge >= 0.3 is 0 Å². The second-order valence-electron chi connectivity index (χ2n) is 4.14. The van der Waals surface area contributed by atoms with Crippen molar-refractivity contribution in [1.29, 1.82) is 0 Å². The quantitative estimate of drug-likeness (QED) is 0.722. The third-order valence-corrected chi connectivity index (χ3v) is 4.41. The molecule has 1 aromatic rings. The average molecular weight is 258 g/mol. The summed E-state index contributed by atoms with van der Waals surface area (Å²) in [6.07, 6.45) is 4.22. The number of amides is 1. The van der Waals surface area contributed by atoms with Gasteiger partial charge in [0.2, 0.25) is 10.0 Å². The second-order valence-corrected chi connectivity index (χ2v) is 6.10. The zero-order valence-corrected chi connectivity index (χ0v) is 10.1. The van der Waals surface area contributed by atoms with Crippen molar-refractivity contribution in [2.75, 3.05) is 0 Å². The van der Waals surface area contributed by atoms with Crippen LogP contribution in [0.15, 0.2) is 12.4 Å². The van der Waals surface area contributed by atoms with Crippen LogP contribution in [0.25, 0.3) is 0 Å². The standard InChI is InChI=1S/C9H14N4O3S/c1-13-5-6(4-11-13)8(10)9(14)12-17(15,16)7-2-3-7/h4-5,7-8H,2-3,10H2,1H3,(H,12,14). The molecule has 1 aliphatic carbocycles. The lowest BCUT2D eigenvalue weighted by Gasteiger charge is -2.10. The van der Waals surface area contributed by atoms with Gasteiger partial charge in [-0.3, -0.25) is 14.2 Å². The Morgan fingerprint density at radius 2 is 2.29 bits per heavy atom.